The summed E-state index contributed by atoms with van der Waals surface area (Å²) in [5.41, 5.74) is 0.381. The lowest BCUT2D eigenvalue weighted by molar-refractivity contribution is 0.0736. The molecule has 25 heavy (non-hydrogen) atoms. The maximum absolute atomic E-state index is 12.6. The molecule has 1 aliphatic heterocycles. The van der Waals surface area contributed by atoms with Crippen LogP contribution in [0.2, 0.25) is 10.0 Å². The minimum absolute atomic E-state index is 0.0458. The van der Waals surface area contributed by atoms with Crippen LogP contribution in [0.4, 0.5) is 0 Å². The largest absolute Gasteiger partial charge is 0.505 e. The van der Waals surface area contributed by atoms with Gasteiger partial charge in [0.25, 0.3) is 0 Å². The van der Waals surface area contributed by atoms with Gasteiger partial charge < -0.3 is 19.3 Å². The first kappa shape index (κ1) is 17.4. The molecule has 130 valence electrons. The first-order valence-electron chi connectivity index (χ1n) is 7.09. The van der Waals surface area contributed by atoms with Crippen LogP contribution >= 0.6 is 23.2 Å². The fourth-order valence-corrected chi connectivity index (χ4v) is 3.01. The van der Waals surface area contributed by atoms with E-state index in [4.69, 9.17) is 37.4 Å². The molecule has 1 heterocycles. The van der Waals surface area contributed by atoms with Crippen molar-refractivity contribution < 1.29 is 28.9 Å². The second-order valence-electron chi connectivity index (χ2n) is 5.36. The summed E-state index contributed by atoms with van der Waals surface area (Å²) in [6.07, 6.45) is 0.359. The summed E-state index contributed by atoms with van der Waals surface area (Å²) in [7, 11) is 1.42. The summed E-state index contributed by atoms with van der Waals surface area (Å²) in [4.78, 5) is 24.0. The van der Waals surface area contributed by atoms with Crippen LogP contribution in [0.3, 0.4) is 0 Å². The molecule has 0 bridgehead atoms. The van der Waals surface area contributed by atoms with E-state index < -0.39 is 11.7 Å². The van der Waals surface area contributed by atoms with E-state index in [-0.39, 0.29) is 44.0 Å². The van der Waals surface area contributed by atoms with Crippen molar-refractivity contribution in [2.75, 3.05) is 7.11 Å². The number of halogens is 2. The molecule has 0 saturated carbocycles. The average molecular weight is 383 g/mol. The van der Waals surface area contributed by atoms with Crippen molar-refractivity contribution >= 4 is 35.5 Å². The molecule has 0 saturated heterocycles. The van der Waals surface area contributed by atoms with Crippen LogP contribution in [0.25, 0.3) is 0 Å². The van der Waals surface area contributed by atoms with E-state index in [2.05, 4.69) is 0 Å². The third-order valence-electron chi connectivity index (χ3n) is 3.96. The number of rotatable bonds is 2. The highest BCUT2D eigenvalue weighted by Crippen LogP contribution is 2.50. The zero-order valence-electron chi connectivity index (χ0n) is 13.4. The highest BCUT2D eigenvalue weighted by Gasteiger charge is 2.33. The lowest BCUT2D eigenvalue weighted by atomic mass is 10.0. The number of hydrogen-bond acceptors (Lipinski definition) is 6. The molecular weight excluding hydrogens is 371 g/mol. The number of phenolic OH excluding ortho intramolecular Hbond substituents is 1. The molecule has 6 nitrogen and oxygen atoms in total. The Kier molecular flexibility index (Phi) is 4.26. The fraction of sp³-hybridized carbons (Fsp3) is 0.176. The summed E-state index contributed by atoms with van der Waals surface area (Å²) in [6, 6.07) is 1.41. The number of esters is 1. The Morgan fingerprint density at radius 1 is 1.12 bits per heavy atom. The van der Waals surface area contributed by atoms with Crippen LogP contribution < -0.4 is 14.2 Å². The highest BCUT2D eigenvalue weighted by molar-refractivity contribution is 6.34. The van der Waals surface area contributed by atoms with Gasteiger partial charge in [0.2, 0.25) is 0 Å². The summed E-state index contributed by atoms with van der Waals surface area (Å²) >= 11 is 12.2. The van der Waals surface area contributed by atoms with Crippen LogP contribution in [0.15, 0.2) is 6.07 Å². The molecule has 1 N–H and O–H groups in total. The molecule has 0 spiro atoms. The summed E-state index contributed by atoms with van der Waals surface area (Å²) in [6.45, 7) is 3.15. The number of ether oxygens (including phenoxy) is 3. The minimum Gasteiger partial charge on any atom is -0.505 e. The molecule has 8 heteroatoms. The van der Waals surface area contributed by atoms with Crippen molar-refractivity contribution in [3.8, 4) is 28.7 Å². The van der Waals surface area contributed by atoms with Crippen molar-refractivity contribution in [3.63, 3.8) is 0 Å². The van der Waals surface area contributed by atoms with Gasteiger partial charge in [-0.15, -0.1) is 0 Å². The van der Waals surface area contributed by atoms with Crippen molar-refractivity contribution in [2.24, 2.45) is 0 Å². The van der Waals surface area contributed by atoms with Gasteiger partial charge in [-0.2, -0.15) is 0 Å². The number of hydrogen-bond donors (Lipinski definition) is 1. The Balaban J connectivity index is 2.36. The Hall–Kier alpha value is -2.44. The van der Waals surface area contributed by atoms with E-state index in [0.29, 0.717) is 17.6 Å². The van der Waals surface area contributed by atoms with Crippen molar-refractivity contribution in [1.29, 1.82) is 0 Å². The van der Waals surface area contributed by atoms with Gasteiger partial charge in [-0.05, 0) is 19.4 Å². The monoisotopic (exact) mass is 382 g/mol. The third-order valence-corrected chi connectivity index (χ3v) is 4.89. The van der Waals surface area contributed by atoms with E-state index >= 15 is 0 Å². The van der Waals surface area contributed by atoms with Crippen LogP contribution in [-0.4, -0.2) is 24.5 Å². The zero-order chi connectivity index (χ0) is 18.5. The predicted molar refractivity (Wildman–Crippen MR) is 91.0 cm³/mol. The second-order valence-corrected chi connectivity index (χ2v) is 6.12. The molecule has 0 fully saturated rings. The Morgan fingerprint density at radius 3 is 2.40 bits per heavy atom. The number of fused-ring (bicyclic) bond motifs is 2. The molecule has 0 atom stereocenters. The number of aromatic hydroxyl groups is 1. The first-order valence-corrected chi connectivity index (χ1v) is 7.84. The quantitative estimate of drug-likeness (QED) is 0.468. The lowest BCUT2D eigenvalue weighted by Gasteiger charge is -2.16. The van der Waals surface area contributed by atoms with E-state index in [0.717, 1.165) is 0 Å². The molecule has 1 aliphatic rings. The number of carbonyl (C=O) groups is 2. The van der Waals surface area contributed by atoms with Gasteiger partial charge in [0, 0.05) is 11.6 Å². The molecule has 0 unspecified atom stereocenters. The van der Waals surface area contributed by atoms with Gasteiger partial charge in [-0.25, -0.2) is 4.79 Å². The Labute approximate surface area is 152 Å². The summed E-state index contributed by atoms with van der Waals surface area (Å²) in [5, 5.41) is 10.3. The third kappa shape index (κ3) is 2.49. The number of phenols is 1. The Bertz CT molecular complexity index is 936. The zero-order valence-corrected chi connectivity index (χ0v) is 14.9. The standard InChI is InChI=1S/C17H12Cl2O6/c1-6-11-16(8(5-20)14(21)13(6)19)25-15-7(2)12(18)9(23-3)4-10(15)24-17(11)22/h4-5,21H,1-3H3. The van der Waals surface area contributed by atoms with E-state index in [1.807, 2.05) is 0 Å². The molecule has 0 aliphatic carbocycles. The number of aldehydes is 1. The van der Waals surface area contributed by atoms with Gasteiger partial charge in [0.05, 0.1) is 17.2 Å². The molecule has 0 radical (unpaired) electrons. The summed E-state index contributed by atoms with van der Waals surface area (Å²) < 4.78 is 16.3. The van der Waals surface area contributed by atoms with E-state index in [9.17, 15) is 14.7 Å². The molecule has 2 aromatic rings. The van der Waals surface area contributed by atoms with Gasteiger partial charge in [-0.1, -0.05) is 23.2 Å². The molecule has 0 aromatic heterocycles. The molecule has 0 amide bonds. The van der Waals surface area contributed by atoms with Crippen LogP contribution in [0, 0.1) is 13.8 Å². The van der Waals surface area contributed by atoms with Crippen molar-refractivity contribution in [2.45, 2.75) is 13.8 Å². The van der Waals surface area contributed by atoms with Crippen molar-refractivity contribution in [1.82, 2.24) is 0 Å². The van der Waals surface area contributed by atoms with Crippen molar-refractivity contribution in [3.05, 3.63) is 38.4 Å². The van der Waals surface area contributed by atoms with Crippen LogP contribution in [-0.2, 0) is 0 Å². The van der Waals surface area contributed by atoms with Gasteiger partial charge in [0.1, 0.15) is 22.6 Å². The number of carbonyl (C=O) groups excluding carboxylic acids is 2. The first-order chi connectivity index (χ1) is 11.8. The smallest absolute Gasteiger partial charge is 0.347 e. The molecular formula is C17H12Cl2O6. The van der Waals surface area contributed by atoms with Gasteiger partial charge in [0.15, 0.2) is 23.5 Å². The average Bonchev–Trinajstić information content (AvgIpc) is 2.73. The lowest BCUT2D eigenvalue weighted by Crippen LogP contribution is -2.11. The van der Waals surface area contributed by atoms with Crippen LogP contribution in [0.1, 0.15) is 31.8 Å². The predicted octanol–water partition coefficient (Wildman–Crippen LogP) is 4.46. The SMILES string of the molecule is COc1cc2c(c(C)c1Cl)Oc1c(C=O)c(O)c(Cl)c(C)c1C(=O)O2. The summed E-state index contributed by atoms with van der Waals surface area (Å²) in [5.74, 6) is -0.869. The molecule has 3 rings (SSSR count). The Morgan fingerprint density at radius 2 is 1.80 bits per heavy atom. The normalized spacial score (nSPS) is 12.4. The van der Waals surface area contributed by atoms with Gasteiger partial charge >= 0.3 is 5.97 Å². The second kappa shape index (κ2) is 6.13. The fourth-order valence-electron chi connectivity index (χ4n) is 2.60. The van der Waals surface area contributed by atoms with Gasteiger partial charge in [-0.3, -0.25) is 4.79 Å². The minimum atomic E-state index is -0.778. The number of benzene rings is 2. The maximum atomic E-state index is 12.6. The topological polar surface area (TPSA) is 82.1 Å². The van der Waals surface area contributed by atoms with E-state index in [1.165, 1.54) is 20.1 Å². The van der Waals surface area contributed by atoms with Crippen LogP contribution in [0.5, 0.6) is 28.7 Å². The van der Waals surface area contributed by atoms with E-state index in [1.54, 1.807) is 6.92 Å². The molecule has 2 aromatic carbocycles. The highest BCUT2D eigenvalue weighted by atomic mass is 35.5. The number of methoxy groups -OCH3 is 1. The maximum Gasteiger partial charge on any atom is 0.347 e.